The van der Waals surface area contributed by atoms with Crippen LogP contribution in [0.4, 0.5) is 4.39 Å². The number of likely N-dealkylation sites (N-methyl/N-ethyl adjacent to an activating group) is 1. The summed E-state index contributed by atoms with van der Waals surface area (Å²) in [6.07, 6.45) is 0. The van der Waals surface area contributed by atoms with Crippen molar-refractivity contribution in [2.45, 2.75) is 12.6 Å². The van der Waals surface area contributed by atoms with Crippen molar-refractivity contribution < 1.29 is 9.13 Å². The van der Waals surface area contributed by atoms with E-state index in [1.807, 2.05) is 30.1 Å². The third kappa shape index (κ3) is 6.94. The Hall–Kier alpha value is -1.87. The first kappa shape index (κ1) is 24.2. The highest BCUT2D eigenvalue weighted by molar-refractivity contribution is 14.0. The number of nitrogens with one attached hydrogen (secondary N) is 1. The number of rotatable bonds is 7. The summed E-state index contributed by atoms with van der Waals surface area (Å²) in [6.45, 7) is 1.27. The van der Waals surface area contributed by atoms with Crippen molar-refractivity contribution >= 4 is 29.9 Å². The molecule has 0 bridgehead atoms. The van der Waals surface area contributed by atoms with Gasteiger partial charge in [0, 0.05) is 27.2 Å². The molecule has 1 unspecified atom stereocenters. The third-order valence-corrected chi connectivity index (χ3v) is 4.46. The van der Waals surface area contributed by atoms with Gasteiger partial charge in [-0.15, -0.1) is 24.0 Å². The number of hydrogen-bond acceptors (Lipinski definition) is 3. The number of nitrogens with zero attached hydrogens (tertiary/aromatic N) is 3. The van der Waals surface area contributed by atoms with Gasteiger partial charge >= 0.3 is 0 Å². The molecule has 1 N–H and O–H groups in total. The lowest BCUT2D eigenvalue weighted by Crippen LogP contribution is -2.42. The Morgan fingerprint density at radius 3 is 2.36 bits per heavy atom. The maximum absolute atomic E-state index is 13.4. The van der Waals surface area contributed by atoms with Crippen molar-refractivity contribution in [3.05, 3.63) is 65.5 Å². The number of ether oxygens (including phenoxy) is 1. The second kappa shape index (κ2) is 11.9. The van der Waals surface area contributed by atoms with Crippen LogP contribution in [0.15, 0.2) is 53.5 Å². The van der Waals surface area contributed by atoms with Crippen LogP contribution in [0.25, 0.3) is 0 Å². The third-order valence-electron chi connectivity index (χ3n) is 4.46. The van der Waals surface area contributed by atoms with Gasteiger partial charge in [-0.25, -0.2) is 4.39 Å². The van der Waals surface area contributed by atoms with Crippen LogP contribution in [0, 0.1) is 5.82 Å². The molecule has 7 heteroatoms. The summed E-state index contributed by atoms with van der Waals surface area (Å²) in [5, 5.41) is 3.42. The van der Waals surface area contributed by atoms with Crippen molar-refractivity contribution in [3.63, 3.8) is 0 Å². The zero-order valence-corrected chi connectivity index (χ0v) is 19.5. The summed E-state index contributed by atoms with van der Waals surface area (Å²) in [5.41, 5.74) is 2.09. The largest absolute Gasteiger partial charge is 0.497 e. The van der Waals surface area contributed by atoms with E-state index in [0.717, 1.165) is 17.3 Å². The summed E-state index contributed by atoms with van der Waals surface area (Å²) in [4.78, 5) is 8.50. The summed E-state index contributed by atoms with van der Waals surface area (Å²) in [7, 11) is 9.46. The molecule has 0 fully saturated rings. The molecule has 28 heavy (non-hydrogen) atoms. The fraction of sp³-hybridized carbons (Fsp3) is 0.381. The Morgan fingerprint density at radius 2 is 1.82 bits per heavy atom. The minimum Gasteiger partial charge on any atom is -0.497 e. The van der Waals surface area contributed by atoms with E-state index in [-0.39, 0.29) is 35.8 Å². The summed E-state index contributed by atoms with van der Waals surface area (Å²) in [5.74, 6) is 1.38. The molecule has 0 aliphatic carbocycles. The van der Waals surface area contributed by atoms with Gasteiger partial charge in [-0.1, -0.05) is 24.3 Å². The first-order valence-electron chi connectivity index (χ1n) is 8.91. The average molecular weight is 500 g/mol. The van der Waals surface area contributed by atoms with E-state index in [2.05, 4.69) is 41.4 Å². The smallest absolute Gasteiger partial charge is 0.193 e. The number of halogens is 2. The number of methoxy groups -OCH3 is 1. The second-order valence-electron chi connectivity index (χ2n) is 6.67. The summed E-state index contributed by atoms with van der Waals surface area (Å²) in [6, 6.07) is 14.9. The Balaban J connectivity index is 0.00000392. The minimum absolute atomic E-state index is 0. The van der Waals surface area contributed by atoms with Crippen LogP contribution >= 0.6 is 24.0 Å². The van der Waals surface area contributed by atoms with Gasteiger partial charge in [-0.2, -0.15) is 0 Å². The van der Waals surface area contributed by atoms with E-state index in [9.17, 15) is 4.39 Å². The van der Waals surface area contributed by atoms with Crippen molar-refractivity contribution in [3.8, 4) is 5.75 Å². The standard InChI is InChI=1S/C21H29FN4O.HI/c1-23-21(26(4)15-16-7-6-8-18(22)13-16)24-14-20(25(2)3)17-9-11-19(27-5)12-10-17;/h6-13,20H,14-15H2,1-5H3,(H,23,24);1H. The Bertz CT molecular complexity index is 752. The highest BCUT2D eigenvalue weighted by Gasteiger charge is 2.16. The molecular weight excluding hydrogens is 470 g/mol. The Kier molecular flexibility index (Phi) is 10.2. The van der Waals surface area contributed by atoms with E-state index in [1.54, 1.807) is 26.3 Å². The Labute approximate surface area is 184 Å². The quantitative estimate of drug-likeness (QED) is 0.357. The molecule has 154 valence electrons. The fourth-order valence-electron chi connectivity index (χ4n) is 2.98. The predicted molar refractivity (Wildman–Crippen MR) is 124 cm³/mol. The van der Waals surface area contributed by atoms with Crippen molar-refractivity contribution in [2.24, 2.45) is 4.99 Å². The lowest BCUT2D eigenvalue weighted by molar-refractivity contribution is 0.295. The maximum Gasteiger partial charge on any atom is 0.193 e. The van der Waals surface area contributed by atoms with Gasteiger partial charge in [0.15, 0.2) is 5.96 Å². The molecule has 0 aliphatic heterocycles. The van der Waals surface area contributed by atoms with Crippen LogP contribution in [-0.4, -0.2) is 57.6 Å². The number of aliphatic imine (C=N–C) groups is 1. The van der Waals surface area contributed by atoms with Gasteiger partial charge < -0.3 is 19.9 Å². The van der Waals surface area contributed by atoms with E-state index >= 15 is 0 Å². The monoisotopic (exact) mass is 500 g/mol. The highest BCUT2D eigenvalue weighted by Crippen LogP contribution is 2.20. The molecule has 1 atom stereocenters. The van der Waals surface area contributed by atoms with Crippen LogP contribution in [-0.2, 0) is 6.54 Å². The molecule has 2 rings (SSSR count). The Morgan fingerprint density at radius 1 is 1.14 bits per heavy atom. The minimum atomic E-state index is -0.226. The number of guanidine groups is 1. The van der Waals surface area contributed by atoms with Gasteiger partial charge in [0.1, 0.15) is 11.6 Å². The molecule has 0 saturated heterocycles. The lowest BCUT2D eigenvalue weighted by atomic mass is 10.1. The van der Waals surface area contributed by atoms with Crippen LogP contribution in [0.3, 0.4) is 0 Å². The van der Waals surface area contributed by atoms with Crippen molar-refractivity contribution in [2.75, 3.05) is 41.8 Å². The molecule has 0 radical (unpaired) electrons. The topological polar surface area (TPSA) is 40.1 Å². The zero-order valence-electron chi connectivity index (χ0n) is 17.1. The average Bonchev–Trinajstić information content (AvgIpc) is 2.65. The predicted octanol–water partition coefficient (Wildman–Crippen LogP) is 3.76. The summed E-state index contributed by atoms with van der Waals surface area (Å²) >= 11 is 0. The highest BCUT2D eigenvalue weighted by atomic mass is 127. The SMILES string of the molecule is CN=C(NCC(c1ccc(OC)cc1)N(C)C)N(C)Cc1cccc(F)c1.I. The first-order valence-corrected chi connectivity index (χ1v) is 8.91. The van der Waals surface area contributed by atoms with E-state index in [4.69, 9.17) is 4.74 Å². The van der Waals surface area contributed by atoms with E-state index in [1.165, 1.54) is 11.6 Å². The maximum atomic E-state index is 13.4. The van der Waals surface area contributed by atoms with Gasteiger partial charge in [0.05, 0.1) is 13.2 Å². The number of hydrogen-bond donors (Lipinski definition) is 1. The summed E-state index contributed by atoms with van der Waals surface area (Å²) < 4.78 is 18.6. The van der Waals surface area contributed by atoms with Gasteiger partial charge in [0.2, 0.25) is 0 Å². The zero-order chi connectivity index (χ0) is 19.8. The van der Waals surface area contributed by atoms with Crippen LogP contribution < -0.4 is 10.1 Å². The number of benzene rings is 2. The van der Waals surface area contributed by atoms with Crippen molar-refractivity contribution in [1.29, 1.82) is 0 Å². The van der Waals surface area contributed by atoms with Crippen molar-refractivity contribution in [1.82, 2.24) is 15.1 Å². The molecule has 0 saturated carbocycles. The normalized spacial score (nSPS) is 12.3. The van der Waals surface area contributed by atoms with Gasteiger partial charge in [0.25, 0.3) is 0 Å². The second-order valence-corrected chi connectivity index (χ2v) is 6.67. The molecule has 2 aromatic carbocycles. The van der Waals surface area contributed by atoms with E-state index < -0.39 is 0 Å². The van der Waals surface area contributed by atoms with Gasteiger partial charge in [-0.05, 0) is 49.5 Å². The molecule has 0 aromatic heterocycles. The molecule has 0 aliphatic rings. The molecule has 0 heterocycles. The molecular formula is C21H30FIN4O. The fourth-order valence-corrected chi connectivity index (χ4v) is 2.98. The molecule has 0 spiro atoms. The van der Waals surface area contributed by atoms with Crippen LogP contribution in [0.2, 0.25) is 0 Å². The van der Waals surface area contributed by atoms with Gasteiger partial charge in [-0.3, -0.25) is 4.99 Å². The molecule has 0 amide bonds. The lowest BCUT2D eigenvalue weighted by Gasteiger charge is -2.28. The van der Waals surface area contributed by atoms with Crippen LogP contribution in [0.1, 0.15) is 17.2 Å². The van der Waals surface area contributed by atoms with Crippen LogP contribution in [0.5, 0.6) is 5.75 Å². The first-order chi connectivity index (χ1) is 12.9. The van der Waals surface area contributed by atoms with E-state index in [0.29, 0.717) is 13.1 Å². The molecule has 5 nitrogen and oxygen atoms in total. The molecule has 2 aromatic rings.